The number of rotatable bonds is 7. The summed E-state index contributed by atoms with van der Waals surface area (Å²) in [5, 5.41) is 0. The van der Waals surface area contributed by atoms with Crippen molar-refractivity contribution in [3.05, 3.63) is 0 Å². The first-order valence-electron chi connectivity index (χ1n) is 6.01. The Morgan fingerprint density at radius 1 is 1.12 bits per heavy atom. The van der Waals surface area contributed by atoms with E-state index in [2.05, 4.69) is 18.0 Å². The van der Waals surface area contributed by atoms with Crippen LogP contribution in [0.5, 0.6) is 0 Å². The zero-order chi connectivity index (χ0) is 12.8. The second-order valence-electron chi connectivity index (χ2n) is 3.77. The van der Waals surface area contributed by atoms with Crippen molar-refractivity contribution in [2.75, 3.05) is 12.5 Å². The van der Waals surface area contributed by atoms with Crippen LogP contribution in [0.25, 0.3) is 0 Å². The van der Waals surface area contributed by atoms with Gasteiger partial charge >= 0.3 is 75.5 Å². The van der Waals surface area contributed by atoms with Gasteiger partial charge in [-0.2, -0.15) is 0 Å². The van der Waals surface area contributed by atoms with Crippen molar-refractivity contribution < 1.29 is 8.98 Å². The molecule has 4 heteroatoms. The Morgan fingerprint density at radius 3 is 1.75 bits per heavy atom. The van der Waals surface area contributed by atoms with Gasteiger partial charge in [-0.15, -0.1) is 0 Å². The standard InChI is InChI=1S/C4H9O2S.2C4H9.Sn/c1-4(5)6-7(2)3;2*1-3-4-2;/h1-3H3;2*1,3-4H2,2H3;/q+1;;;. The summed E-state index contributed by atoms with van der Waals surface area (Å²) >= 11 is -0.0457. The van der Waals surface area contributed by atoms with E-state index in [1.807, 2.05) is 12.5 Å². The molecule has 0 saturated heterocycles. The van der Waals surface area contributed by atoms with Gasteiger partial charge in [0.2, 0.25) is 0 Å². The van der Waals surface area contributed by atoms with Crippen LogP contribution < -0.4 is 0 Å². The molecular weight excluding hydrogens is 327 g/mol. The molecule has 0 aliphatic heterocycles. The Kier molecular flexibility index (Phi) is 18.5. The van der Waals surface area contributed by atoms with Crippen molar-refractivity contribution in [1.82, 2.24) is 0 Å². The second-order valence-corrected chi connectivity index (χ2v) is 9.70. The van der Waals surface area contributed by atoms with Gasteiger partial charge in [0.15, 0.2) is 11.2 Å². The molecule has 0 fully saturated rings. The van der Waals surface area contributed by atoms with E-state index in [1.165, 1.54) is 32.6 Å². The summed E-state index contributed by atoms with van der Waals surface area (Å²) in [7, 11) is 0. The molecule has 0 amide bonds. The van der Waals surface area contributed by atoms with E-state index in [0.717, 1.165) is 0 Å². The van der Waals surface area contributed by atoms with Crippen molar-refractivity contribution in [1.29, 1.82) is 0 Å². The molecule has 0 aromatic heterocycles. The van der Waals surface area contributed by atoms with Gasteiger partial charge in [-0.25, -0.2) is 8.98 Å². The third-order valence-corrected chi connectivity index (χ3v) is 6.30. The number of carbonyl (C=O) groups excluding carboxylic acids is 1. The zero-order valence-electron chi connectivity index (χ0n) is 11.5. The minimum atomic E-state index is -0.201. The molecule has 0 saturated carbocycles. The number of unbranched alkanes of at least 4 members (excludes halogenated alkanes) is 2. The minimum absolute atomic E-state index is 0.149. The summed E-state index contributed by atoms with van der Waals surface area (Å²) in [5.74, 6) is -0.201. The third-order valence-electron chi connectivity index (χ3n) is 1.70. The van der Waals surface area contributed by atoms with Gasteiger partial charge in [-0.3, -0.25) is 0 Å². The summed E-state index contributed by atoms with van der Waals surface area (Å²) in [5.41, 5.74) is 0. The normalized spacial score (nSPS) is 9.62. The average molecular weight is 354 g/mol. The molecule has 2 radical (unpaired) electrons. The van der Waals surface area contributed by atoms with Gasteiger partial charge in [0.25, 0.3) is 0 Å². The molecule has 0 aliphatic carbocycles. The Morgan fingerprint density at radius 2 is 1.56 bits per heavy atom. The Labute approximate surface area is 115 Å². The summed E-state index contributed by atoms with van der Waals surface area (Å²) < 4.78 is 7.89. The number of hydrogen-bond donors (Lipinski definition) is 0. The van der Waals surface area contributed by atoms with E-state index in [4.69, 9.17) is 0 Å². The quantitative estimate of drug-likeness (QED) is 0.398. The summed E-state index contributed by atoms with van der Waals surface area (Å²) in [4.78, 5) is 10.0. The fraction of sp³-hybridized carbons (Fsp3) is 0.917. The molecule has 2 nitrogen and oxygen atoms in total. The monoisotopic (exact) mass is 355 g/mol. The number of carbonyl (C=O) groups is 1. The first-order valence-corrected chi connectivity index (χ1v) is 12.0. The molecule has 0 N–H and O–H groups in total. The topological polar surface area (TPSA) is 26.3 Å². The van der Waals surface area contributed by atoms with Crippen molar-refractivity contribution in [3.8, 4) is 0 Å². The van der Waals surface area contributed by atoms with Crippen LogP contribution in [0.1, 0.15) is 46.5 Å². The average Bonchev–Trinajstić information content (AvgIpc) is 2.16. The Balaban J connectivity index is 0. The van der Waals surface area contributed by atoms with Gasteiger partial charge in [-0.1, -0.05) is 0 Å². The maximum atomic E-state index is 10.0. The Hall–Kier alpha value is 0.619. The van der Waals surface area contributed by atoms with Crippen LogP contribution in [0.3, 0.4) is 0 Å². The molecule has 0 rings (SSSR count). The number of hydrogen-bond acceptors (Lipinski definition) is 2. The predicted octanol–water partition coefficient (Wildman–Crippen LogP) is 3.47. The molecule has 0 unspecified atom stereocenters. The van der Waals surface area contributed by atoms with Crippen molar-refractivity contribution >= 4 is 38.3 Å². The molecule has 0 spiro atoms. The van der Waals surface area contributed by atoms with E-state index in [9.17, 15) is 4.79 Å². The van der Waals surface area contributed by atoms with Crippen LogP contribution in [0.15, 0.2) is 0 Å². The molecule has 0 aromatic rings. The van der Waals surface area contributed by atoms with Gasteiger partial charge in [0.1, 0.15) is 12.5 Å². The second kappa shape index (κ2) is 15.6. The van der Waals surface area contributed by atoms with E-state index < -0.39 is 0 Å². The van der Waals surface area contributed by atoms with Crippen LogP contribution in [0.4, 0.5) is 0 Å². The molecule has 96 valence electrons. The van der Waals surface area contributed by atoms with Crippen LogP contribution in [0, 0.1) is 0 Å². The van der Waals surface area contributed by atoms with Gasteiger partial charge in [0.05, 0.1) is 0 Å². The van der Waals surface area contributed by atoms with Crippen LogP contribution in [-0.2, 0) is 20.2 Å². The molecule has 0 atom stereocenters. The fourth-order valence-corrected chi connectivity index (χ4v) is 5.59. The molecule has 0 aromatic carbocycles. The molecule has 0 aliphatic rings. The van der Waals surface area contributed by atoms with Crippen molar-refractivity contribution in [2.45, 2.75) is 55.3 Å². The summed E-state index contributed by atoms with van der Waals surface area (Å²) in [6.45, 7) is 5.99. The predicted molar refractivity (Wildman–Crippen MR) is 76.2 cm³/mol. The summed E-state index contributed by atoms with van der Waals surface area (Å²) in [6.07, 6.45) is 9.54. The van der Waals surface area contributed by atoms with Crippen LogP contribution >= 0.6 is 0 Å². The third kappa shape index (κ3) is 24.0. The van der Waals surface area contributed by atoms with Gasteiger partial charge in [0, 0.05) is 6.92 Å². The van der Waals surface area contributed by atoms with Gasteiger partial charge < -0.3 is 0 Å². The fourth-order valence-electron chi connectivity index (χ4n) is 0.963. The molecule has 0 heterocycles. The first kappa shape index (κ1) is 19.0. The SMILES string of the molecule is CC(=O)O[S+](C)C.CCC[CH2][Sn][CH2]CCC. The van der Waals surface area contributed by atoms with E-state index >= 15 is 0 Å². The van der Waals surface area contributed by atoms with Crippen molar-refractivity contribution in [3.63, 3.8) is 0 Å². The van der Waals surface area contributed by atoms with Gasteiger partial charge in [-0.05, 0) is 0 Å². The summed E-state index contributed by atoms with van der Waals surface area (Å²) in [6, 6.07) is 0. The van der Waals surface area contributed by atoms with E-state index in [1.54, 1.807) is 8.87 Å². The first-order chi connectivity index (χ1) is 7.54. The van der Waals surface area contributed by atoms with E-state index in [-0.39, 0.29) is 38.3 Å². The molecular formula is C12H27O2SSn+. The van der Waals surface area contributed by atoms with Crippen LogP contribution in [-0.4, -0.2) is 39.6 Å². The molecule has 0 bridgehead atoms. The zero-order valence-corrected chi connectivity index (χ0v) is 15.1. The van der Waals surface area contributed by atoms with E-state index in [0.29, 0.717) is 0 Å². The van der Waals surface area contributed by atoms with Crippen LogP contribution in [0.2, 0.25) is 8.87 Å². The van der Waals surface area contributed by atoms with Crippen molar-refractivity contribution in [2.24, 2.45) is 0 Å². The maximum absolute atomic E-state index is 10.0. The molecule has 16 heavy (non-hydrogen) atoms. The Bertz CT molecular complexity index is 146.